The van der Waals surface area contributed by atoms with Gasteiger partial charge in [0.2, 0.25) is 0 Å². The van der Waals surface area contributed by atoms with Crippen LogP contribution in [0.5, 0.6) is 0 Å². The van der Waals surface area contributed by atoms with Crippen molar-refractivity contribution in [1.29, 1.82) is 0 Å². The summed E-state index contributed by atoms with van der Waals surface area (Å²) < 4.78 is 0. The van der Waals surface area contributed by atoms with Crippen LogP contribution in [-0.2, 0) is 0 Å². The molecule has 3 atom stereocenters. The second-order valence-electron chi connectivity index (χ2n) is 5.55. The van der Waals surface area contributed by atoms with E-state index >= 15 is 0 Å². The van der Waals surface area contributed by atoms with Gasteiger partial charge < -0.3 is 5.73 Å². The smallest absolute Gasteiger partial charge is 0.0186 e. The van der Waals surface area contributed by atoms with Crippen LogP contribution in [0.25, 0.3) is 0 Å². The first-order valence-electron chi connectivity index (χ1n) is 7.05. The van der Waals surface area contributed by atoms with Crippen molar-refractivity contribution in [1.82, 2.24) is 0 Å². The quantitative estimate of drug-likeness (QED) is 0.784. The highest BCUT2D eigenvalue weighted by Gasteiger charge is 2.49. The molecule has 0 bridgehead atoms. The van der Waals surface area contributed by atoms with Crippen LogP contribution in [0, 0.1) is 5.92 Å². The molecule has 17 heavy (non-hydrogen) atoms. The molecule has 2 rings (SSSR count). The molecule has 1 nitrogen and oxygen atoms in total. The minimum Gasteiger partial charge on any atom is -0.325 e. The molecule has 0 saturated heterocycles. The fourth-order valence-corrected chi connectivity index (χ4v) is 3.03. The van der Waals surface area contributed by atoms with Crippen molar-refractivity contribution in [2.75, 3.05) is 0 Å². The van der Waals surface area contributed by atoms with Crippen LogP contribution in [0.4, 0.5) is 0 Å². The highest BCUT2D eigenvalue weighted by Crippen LogP contribution is 2.54. The van der Waals surface area contributed by atoms with Crippen LogP contribution in [0.15, 0.2) is 30.3 Å². The molecule has 94 valence electrons. The molecular weight excluding hydrogens is 206 g/mol. The summed E-state index contributed by atoms with van der Waals surface area (Å²) in [7, 11) is 0. The van der Waals surface area contributed by atoms with Crippen molar-refractivity contribution in [2.24, 2.45) is 11.7 Å². The largest absolute Gasteiger partial charge is 0.325 e. The van der Waals surface area contributed by atoms with Gasteiger partial charge >= 0.3 is 0 Å². The number of rotatable bonds is 6. The SMILES string of the molecule is CCCCC(N)(CC)C1CC1c1ccccc1. The third-order valence-corrected chi connectivity index (χ3v) is 4.41. The molecule has 2 N–H and O–H groups in total. The van der Waals surface area contributed by atoms with E-state index in [1.165, 1.54) is 31.2 Å². The van der Waals surface area contributed by atoms with Crippen LogP contribution in [0.1, 0.15) is 57.4 Å². The van der Waals surface area contributed by atoms with E-state index in [0.717, 1.165) is 12.3 Å². The van der Waals surface area contributed by atoms with Gasteiger partial charge in [-0.1, -0.05) is 57.0 Å². The molecule has 1 aromatic carbocycles. The Balaban J connectivity index is 2.00. The number of nitrogens with two attached hydrogens (primary N) is 1. The monoisotopic (exact) mass is 231 g/mol. The molecule has 3 unspecified atom stereocenters. The summed E-state index contributed by atoms with van der Waals surface area (Å²) in [5.74, 6) is 1.43. The molecule has 0 amide bonds. The zero-order valence-electron chi connectivity index (χ0n) is 11.2. The molecule has 1 saturated carbocycles. The molecular formula is C16H25N. The van der Waals surface area contributed by atoms with Gasteiger partial charge in [-0.25, -0.2) is 0 Å². The third kappa shape index (κ3) is 2.71. The summed E-state index contributed by atoms with van der Waals surface area (Å²) in [5.41, 5.74) is 8.18. The first-order chi connectivity index (χ1) is 8.21. The lowest BCUT2D eigenvalue weighted by Gasteiger charge is -2.29. The summed E-state index contributed by atoms with van der Waals surface area (Å²) in [6.07, 6.45) is 6.11. The summed E-state index contributed by atoms with van der Waals surface area (Å²) in [6, 6.07) is 10.9. The van der Waals surface area contributed by atoms with Crippen LogP contribution in [0.2, 0.25) is 0 Å². The van der Waals surface area contributed by atoms with Crippen molar-refractivity contribution in [2.45, 2.75) is 57.4 Å². The van der Waals surface area contributed by atoms with Crippen molar-refractivity contribution >= 4 is 0 Å². The van der Waals surface area contributed by atoms with Gasteiger partial charge in [-0.15, -0.1) is 0 Å². The minimum atomic E-state index is 0.0799. The Morgan fingerprint density at radius 3 is 2.53 bits per heavy atom. The maximum Gasteiger partial charge on any atom is 0.0186 e. The lowest BCUT2D eigenvalue weighted by Crippen LogP contribution is -2.42. The van der Waals surface area contributed by atoms with Gasteiger partial charge in [-0.2, -0.15) is 0 Å². The first-order valence-corrected chi connectivity index (χ1v) is 7.05. The van der Waals surface area contributed by atoms with E-state index in [0.29, 0.717) is 5.92 Å². The molecule has 1 heteroatoms. The molecule has 0 radical (unpaired) electrons. The van der Waals surface area contributed by atoms with Crippen LogP contribution in [-0.4, -0.2) is 5.54 Å². The van der Waals surface area contributed by atoms with Gasteiger partial charge in [0.15, 0.2) is 0 Å². The van der Waals surface area contributed by atoms with Gasteiger partial charge in [0.25, 0.3) is 0 Å². The van der Waals surface area contributed by atoms with Gasteiger partial charge in [0, 0.05) is 5.54 Å². The summed E-state index contributed by atoms with van der Waals surface area (Å²) in [5, 5.41) is 0. The summed E-state index contributed by atoms with van der Waals surface area (Å²) >= 11 is 0. The number of hydrogen-bond acceptors (Lipinski definition) is 1. The lowest BCUT2D eigenvalue weighted by molar-refractivity contribution is 0.316. The van der Waals surface area contributed by atoms with E-state index in [4.69, 9.17) is 5.73 Å². The molecule has 0 aromatic heterocycles. The van der Waals surface area contributed by atoms with E-state index in [2.05, 4.69) is 44.2 Å². The highest BCUT2D eigenvalue weighted by molar-refractivity contribution is 5.28. The Kier molecular flexibility index (Phi) is 3.88. The Labute approximate surface area is 105 Å². The number of hydrogen-bond donors (Lipinski definition) is 1. The predicted molar refractivity (Wildman–Crippen MR) is 74.0 cm³/mol. The normalized spacial score (nSPS) is 26.5. The second kappa shape index (κ2) is 5.22. The Bertz CT molecular complexity index is 346. The van der Waals surface area contributed by atoms with E-state index < -0.39 is 0 Å². The van der Waals surface area contributed by atoms with E-state index in [-0.39, 0.29) is 5.54 Å². The standard InChI is InChI=1S/C16H25N/c1-3-5-11-16(17,4-2)15-12-14(15)13-9-7-6-8-10-13/h6-10,14-15H,3-5,11-12,17H2,1-2H3. The van der Waals surface area contributed by atoms with Crippen LogP contribution >= 0.6 is 0 Å². The van der Waals surface area contributed by atoms with Crippen molar-refractivity contribution < 1.29 is 0 Å². The molecule has 0 aliphatic heterocycles. The average molecular weight is 231 g/mol. The van der Waals surface area contributed by atoms with Crippen LogP contribution < -0.4 is 5.73 Å². The van der Waals surface area contributed by atoms with Gasteiger partial charge in [0.05, 0.1) is 0 Å². The van der Waals surface area contributed by atoms with Crippen molar-refractivity contribution in [3.05, 3.63) is 35.9 Å². The molecule has 0 heterocycles. The fourth-order valence-electron chi connectivity index (χ4n) is 3.03. The van der Waals surface area contributed by atoms with Crippen LogP contribution in [0.3, 0.4) is 0 Å². The molecule has 1 aliphatic carbocycles. The fraction of sp³-hybridized carbons (Fsp3) is 0.625. The van der Waals surface area contributed by atoms with E-state index in [9.17, 15) is 0 Å². The predicted octanol–water partition coefficient (Wildman–Crippen LogP) is 4.09. The maximum absolute atomic E-state index is 6.62. The van der Waals surface area contributed by atoms with Crippen molar-refractivity contribution in [3.63, 3.8) is 0 Å². The molecule has 0 spiro atoms. The van der Waals surface area contributed by atoms with Crippen molar-refractivity contribution in [3.8, 4) is 0 Å². The van der Waals surface area contributed by atoms with Gasteiger partial charge in [-0.05, 0) is 36.7 Å². The molecule has 1 aliphatic rings. The van der Waals surface area contributed by atoms with E-state index in [1.54, 1.807) is 0 Å². The van der Waals surface area contributed by atoms with Gasteiger partial charge in [0.1, 0.15) is 0 Å². The third-order valence-electron chi connectivity index (χ3n) is 4.41. The summed E-state index contributed by atoms with van der Waals surface area (Å²) in [6.45, 7) is 4.49. The topological polar surface area (TPSA) is 26.0 Å². The Morgan fingerprint density at radius 1 is 1.24 bits per heavy atom. The zero-order valence-corrected chi connectivity index (χ0v) is 11.2. The Morgan fingerprint density at radius 2 is 1.94 bits per heavy atom. The highest BCUT2D eigenvalue weighted by atomic mass is 14.8. The van der Waals surface area contributed by atoms with Gasteiger partial charge in [-0.3, -0.25) is 0 Å². The average Bonchev–Trinajstić information content (AvgIpc) is 3.18. The zero-order chi connectivity index (χ0) is 12.3. The summed E-state index contributed by atoms with van der Waals surface area (Å²) in [4.78, 5) is 0. The first kappa shape index (κ1) is 12.6. The second-order valence-corrected chi connectivity index (χ2v) is 5.55. The molecule has 1 fully saturated rings. The number of benzene rings is 1. The number of unbranched alkanes of at least 4 members (excludes halogenated alkanes) is 1. The molecule has 1 aromatic rings. The lowest BCUT2D eigenvalue weighted by atomic mass is 9.84. The maximum atomic E-state index is 6.62. The van der Waals surface area contributed by atoms with E-state index in [1.807, 2.05) is 0 Å². The minimum absolute atomic E-state index is 0.0799. The Hall–Kier alpha value is -0.820.